The van der Waals surface area contributed by atoms with Gasteiger partial charge in [-0.1, -0.05) is 117 Å². The first-order valence-electron chi connectivity index (χ1n) is 12.6. The minimum absolute atomic E-state index is 0.388. The molecule has 206 valence electrons. The molecule has 0 amide bonds. The van der Waals surface area contributed by atoms with Gasteiger partial charge in [0, 0.05) is 34.1 Å². The van der Waals surface area contributed by atoms with E-state index in [1.165, 1.54) is 5.56 Å². The van der Waals surface area contributed by atoms with E-state index < -0.39 is 6.10 Å². The number of hydrogen-bond acceptors (Lipinski definition) is 5. The van der Waals surface area contributed by atoms with Crippen molar-refractivity contribution >= 4 is 38.1 Å². The van der Waals surface area contributed by atoms with Crippen molar-refractivity contribution in [1.82, 2.24) is 10.2 Å². The van der Waals surface area contributed by atoms with E-state index >= 15 is 0 Å². The van der Waals surface area contributed by atoms with E-state index in [2.05, 4.69) is 54.2 Å². The third-order valence-corrected chi connectivity index (χ3v) is 6.68. The number of nitrogens with one attached hydrogen (secondary N) is 1. The first kappa shape index (κ1) is 32.6. The van der Waals surface area contributed by atoms with Crippen LogP contribution in [0, 0.1) is 0 Å². The van der Waals surface area contributed by atoms with Crippen molar-refractivity contribution in [2.45, 2.75) is 18.8 Å². The zero-order chi connectivity index (χ0) is 28.5. The highest BCUT2D eigenvalue weighted by Crippen LogP contribution is 2.16. The monoisotopic (exact) mass is 654 g/mol. The van der Waals surface area contributed by atoms with Crippen molar-refractivity contribution in [2.24, 2.45) is 0 Å². The van der Waals surface area contributed by atoms with Gasteiger partial charge in [-0.05, 0) is 55.1 Å². The number of likely N-dealkylation sites (N-methyl/N-ethyl adjacent to an activating group) is 2. The molecule has 0 heterocycles. The summed E-state index contributed by atoms with van der Waals surface area (Å²) < 4.78 is 2.08. The predicted octanol–water partition coefficient (Wildman–Crippen LogP) is 6.82. The summed E-state index contributed by atoms with van der Waals surface area (Å²) in [6.45, 7) is 2.06. The van der Waals surface area contributed by atoms with Gasteiger partial charge < -0.3 is 15.5 Å². The van der Waals surface area contributed by atoms with Crippen molar-refractivity contribution in [3.8, 4) is 0 Å². The van der Waals surface area contributed by atoms with Crippen molar-refractivity contribution in [1.29, 1.82) is 0 Å². The fourth-order valence-electron chi connectivity index (χ4n) is 3.57. The Morgan fingerprint density at radius 2 is 1.21 bits per heavy atom. The van der Waals surface area contributed by atoms with Gasteiger partial charge in [-0.3, -0.25) is 9.69 Å². The van der Waals surface area contributed by atoms with Crippen LogP contribution in [0.5, 0.6) is 0 Å². The maximum Gasteiger partial charge on any atom is 0.150 e. The molecular formula is C32H36Br2N2O3. The van der Waals surface area contributed by atoms with E-state index in [0.717, 1.165) is 32.9 Å². The highest BCUT2D eigenvalue weighted by molar-refractivity contribution is 9.10. The van der Waals surface area contributed by atoms with Gasteiger partial charge in [0.25, 0.3) is 0 Å². The number of carbonyl (C=O) groups excluding carboxylic acids is 1. The van der Waals surface area contributed by atoms with E-state index in [9.17, 15) is 15.0 Å². The first-order chi connectivity index (χ1) is 18.8. The van der Waals surface area contributed by atoms with E-state index in [-0.39, 0.29) is 6.10 Å². The molecule has 39 heavy (non-hydrogen) atoms. The Morgan fingerprint density at radius 1 is 0.744 bits per heavy atom. The molecule has 0 fully saturated rings. The van der Waals surface area contributed by atoms with Gasteiger partial charge in [-0.25, -0.2) is 0 Å². The number of aldehydes is 1. The molecule has 0 saturated heterocycles. The molecule has 2 unspecified atom stereocenters. The molecule has 0 aliphatic carbocycles. The van der Waals surface area contributed by atoms with Crippen LogP contribution >= 0.6 is 31.9 Å². The smallest absolute Gasteiger partial charge is 0.150 e. The molecule has 0 aliphatic heterocycles. The van der Waals surface area contributed by atoms with Crippen molar-refractivity contribution in [3.63, 3.8) is 0 Å². The molecule has 0 spiro atoms. The molecule has 0 aromatic heterocycles. The lowest BCUT2D eigenvalue weighted by Gasteiger charge is -2.21. The largest absolute Gasteiger partial charge is 0.387 e. The third kappa shape index (κ3) is 13.3. The van der Waals surface area contributed by atoms with Crippen LogP contribution in [0.3, 0.4) is 0 Å². The highest BCUT2D eigenvalue weighted by atomic mass is 79.9. The number of halogens is 2. The van der Waals surface area contributed by atoms with Gasteiger partial charge in [0.2, 0.25) is 0 Å². The lowest BCUT2D eigenvalue weighted by atomic mass is 10.1. The van der Waals surface area contributed by atoms with E-state index in [1.54, 1.807) is 12.1 Å². The molecule has 4 rings (SSSR count). The fourth-order valence-corrected chi connectivity index (χ4v) is 4.10. The maximum atomic E-state index is 10.2. The average Bonchev–Trinajstić information content (AvgIpc) is 2.96. The number of hydrogen-bond donors (Lipinski definition) is 3. The van der Waals surface area contributed by atoms with Crippen LogP contribution in [0.25, 0.3) is 0 Å². The van der Waals surface area contributed by atoms with Gasteiger partial charge in [-0.2, -0.15) is 0 Å². The van der Waals surface area contributed by atoms with Gasteiger partial charge in [-0.15, -0.1) is 0 Å². The molecule has 4 aromatic carbocycles. The molecule has 0 aliphatic rings. The minimum atomic E-state index is -0.443. The second-order valence-electron chi connectivity index (χ2n) is 8.90. The van der Waals surface area contributed by atoms with Gasteiger partial charge in [0.1, 0.15) is 6.29 Å². The van der Waals surface area contributed by atoms with Crippen molar-refractivity contribution < 1.29 is 15.0 Å². The SMILES string of the molecule is CN(Cc1ccc(Br)cc1)CC(O)c1ccccc1.CNCC(O)c1ccccc1.O=Cc1ccc(Br)cc1. The summed E-state index contributed by atoms with van der Waals surface area (Å²) in [4.78, 5) is 12.2. The lowest BCUT2D eigenvalue weighted by molar-refractivity contribution is 0.112. The number of carbonyl (C=O) groups is 1. The Labute approximate surface area is 248 Å². The van der Waals surface area contributed by atoms with E-state index in [4.69, 9.17) is 0 Å². The molecule has 7 heteroatoms. The number of benzene rings is 4. The second-order valence-corrected chi connectivity index (χ2v) is 10.7. The van der Waals surface area contributed by atoms with Crippen molar-refractivity contribution in [3.05, 3.63) is 140 Å². The van der Waals surface area contributed by atoms with Crippen LogP contribution in [0.4, 0.5) is 0 Å². The summed E-state index contributed by atoms with van der Waals surface area (Å²) in [7, 11) is 3.85. The van der Waals surface area contributed by atoms with Crippen LogP contribution in [0.1, 0.15) is 39.3 Å². The summed E-state index contributed by atoms with van der Waals surface area (Å²) in [5.41, 5.74) is 3.87. The molecule has 5 nitrogen and oxygen atoms in total. The van der Waals surface area contributed by atoms with Crippen molar-refractivity contribution in [2.75, 3.05) is 27.2 Å². The molecule has 0 radical (unpaired) electrons. The zero-order valence-electron chi connectivity index (χ0n) is 22.3. The van der Waals surface area contributed by atoms with E-state index in [0.29, 0.717) is 18.7 Å². The number of rotatable bonds is 9. The topological polar surface area (TPSA) is 72.8 Å². The Bertz CT molecular complexity index is 1190. The Hall–Kier alpha value is -2.65. The summed E-state index contributed by atoms with van der Waals surface area (Å²) in [5, 5.41) is 22.5. The number of nitrogens with zero attached hydrogens (tertiary/aromatic N) is 1. The average molecular weight is 656 g/mol. The predicted molar refractivity (Wildman–Crippen MR) is 167 cm³/mol. The van der Waals surface area contributed by atoms with Crippen LogP contribution in [-0.2, 0) is 6.54 Å². The van der Waals surface area contributed by atoms with Crippen LogP contribution in [0.2, 0.25) is 0 Å². The Morgan fingerprint density at radius 3 is 1.67 bits per heavy atom. The number of aliphatic hydroxyl groups excluding tert-OH is 2. The Kier molecular flexibility index (Phi) is 15.5. The highest BCUT2D eigenvalue weighted by Gasteiger charge is 2.10. The second kappa shape index (κ2) is 18.6. The standard InChI is InChI=1S/C16H18BrNO.C9H13NO.C7H5BrO/c1-18(11-13-7-9-15(17)10-8-13)12-16(19)14-5-3-2-4-6-14;1-10-7-9(11)8-5-3-2-4-6-8;8-7-3-1-6(5-9)2-4-7/h2-10,16,19H,11-12H2,1H3;2-6,9-11H,7H2,1H3;1-5H. The van der Waals surface area contributed by atoms with E-state index in [1.807, 2.05) is 99.0 Å². The first-order valence-corrected chi connectivity index (χ1v) is 14.1. The van der Waals surface area contributed by atoms with Gasteiger partial charge >= 0.3 is 0 Å². The zero-order valence-corrected chi connectivity index (χ0v) is 25.4. The molecule has 2 atom stereocenters. The third-order valence-electron chi connectivity index (χ3n) is 5.62. The van der Waals surface area contributed by atoms with Crippen LogP contribution < -0.4 is 5.32 Å². The van der Waals surface area contributed by atoms with Gasteiger partial charge in [0.15, 0.2) is 0 Å². The summed E-state index contributed by atoms with van der Waals surface area (Å²) in [6, 6.07) is 34.9. The molecule has 0 saturated carbocycles. The summed E-state index contributed by atoms with van der Waals surface area (Å²) in [6.07, 6.45) is -0.00486. The van der Waals surface area contributed by atoms with Crippen LogP contribution in [-0.4, -0.2) is 48.6 Å². The number of aliphatic hydroxyl groups is 2. The molecule has 0 bridgehead atoms. The quantitative estimate of drug-likeness (QED) is 0.173. The maximum absolute atomic E-state index is 10.2. The van der Waals surface area contributed by atoms with Crippen LogP contribution in [0.15, 0.2) is 118 Å². The molecule has 3 N–H and O–H groups in total. The summed E-state index contributed by atoms with van der Waals surface area (Å²) in [5.74, 6) is 0. The lowest BCUT2D eigenvalue weighted by Crippen LogP contribution is -2.24. The normalized spacial score (nSPS) is 11.9. The fraction of sp³-hybridized carbons (Fsp3) is 0.219. The molecular weight excluding hydrogens is 620 g/mol. The molecule has 4 aromatic rings. The Balaban J connectivity index is 0.000000226. The minimum Gasteiger partial charge on any atom is -0.387 e. The summed E-state index contributed by atoms with van der Waals surface area (Å²) >= 11 is 6.69. The van der Waals surface area contributed by atoms with Gasteiger partial charge in [0.05, 0.1) is 12.2 Å².